The second kappa shape index (κ2) is 21.1. The fourth-order valence-corrected chi connectivity index (χ4v) is 2.82. The molecule has 0 saturated heterocycles. The molecular formula is C19H37LiO2. The van der Waals surface area contributed by atoms with Crippen LogP contribution >= 0.6 is 0 Å². The zero-order valence-corrected chi connectivity index (χ0v) is 15.3. The normalized spacial score (nSPS) is 10.4. The molecule has 22 heavy (non-hydrogen) atoms. The molecule has 0 fully saturated rings. The van der Waals surface area contributed by atoms with Crippen molar-refractivity contribution in [3.8, 4) is 0 Å². The minimum absolute atomic E-state index is 0. The van der Waals surface area contributed by atoms with E-state index in [9.17, 15) is 9.90 Å². The summed E-state index contributed by atoms with van der Waals surface area (Å²) < 4.78 is 0. The molecule has 0 aliphatic carbocycles. The average Bonchev–Trinajstić information content (AvgIpc) is 2.46. The molecule has 0 unspecified atom stereocenters. The van der Waals surface area contributed by atoms with E-state index in [4.69, 9.17) is 0 Å². The van der Waals surface area contributed by atoms with Gasteiger partial charge in [0.15, 0.2) is 0 Å². The number of carbonyl (C=O) groups is 1. The fourth-order valence-electron chi connectivity index (χ4n) is 2.82. The van der Waals surface area contributed by atoms with Crippen LogP contribution < -0.4 is 24.0 Å². The van der Waals surface area contributed by atoms with Crippen molar-refractivity contribution in [1.29, 1.82) is 0 Å². The molecule has 0 saturated carbocycles. The molecule has 0 bridgehead atoms. The number of carboxylic acid groups (broad SMARTS) is 1. The van der Waals surface area contributed by atoms with Gasteiger partial charge in [0.25, 0.3) is 0 Å². The van der Waals surface area contributed by atoms with Crippen LogP contribution in [0.2, 0.25) is 0 Å². The fraction of sp³-hybridized carbons (Fsp3) is 0.947. The van der Waals surface area contributed by atoms with Crippen molar-refractivity contribution in [2.24, 2.45) is 0 Å². The van der Waals surface area contributed by atoms with E-state index in [1.807, 2.05) is 0 Å². The monoisotopic (exact) mass is 304 g/mol. The summed E-state index contributed by atoms with van der Waals surface area (Å²) in [4.78, 5) is 10.2. The van der Waals surface area contributed by atoms with Crippen LogP contribution in [0.25, 0.3) is 0 Å². The largest absolute Gasteiger partial charge is 1.00 e. The van der Waals surface area contributed by atoms with Gasteiger partial charge in [-0.15, -0.1) is 0 Å². The first-order valence-corrected chi connectivity index (χ1v) is 9.47. The first-order chi connectivity index (χ1) is 10.3. The van der Waals surface area contributed by atoms with Gasteiger partial charge in [-0.3, -0.25) is 0 Å². The molecule has 0 heterocycles. The third-order valence-electron chi connectivity index (χ3n) is 4.23. The van der Waals surface area contributed by atoms with Gasteiger partial charge in [0.05, 0.1) is 0 Å². The maximum Gasteiger partial charge on any atom is 1.00 e. The molecular weight excluding hydrogens is 267 g/mol. The molecule has 0 radical (unpaired) electrons. The quantitative estimate of drug-likeness (QED) is 0.306. The van der Waals surface area contributed by atoms with Gasteiger partial charge in [0.1, 0.15) is 0 Å². The zero-order chi connectivity index (χ0) is 15.6. The summed E-state index contributed by atoms with van der Waals surface area (Å²) in [6.45, 7) is 2.27. The Balaban J connectivity index is 0. The van der Waals surface area contributed by atoms with Crippen LogP contribution in [-0.2, 0) is 4.79 Å². The Morgan fingerprint density at radius 1 is 0.591 bits per heavy atom. The molecule has 0 aliphatic heterocycles. The summed E-state index contributed by atoms with van der Waals surface area (Å²) >= 11 is 0. The van der Waals surface area contributed by atoms with Crippen molar-refractivity contribution in [1.82, 2.24) is 0 Å². The number of hydrogen-bond donors (Lipinski definition) is 0. The van der Waals surface area contributed by atoms with Crippen molar-refractivity contribution < 1.29 is 28.8 Å². The Morgan fingerprint density at radius 2 is 0.864 bits per heavy atom. The summed E-state index contributed by atoms with van der Waals surface area (Å²) in [5.41, 5.74) is 0. The van der Waals surface area contributed by atoms with E-state index in [-0.39, 0.29) is 25.3 Å². The van der Waals surface area contributed by atoms with E-state index in [2.05, 4.69) is 6.92 Å². The average molecular weight is 304 g/mol. The van der Waals surface area contributed by atoms with Crippen molar-refractivity contribution >= 4 is 5.97 Å². The van der Waals surface area contributed by atoms with Gasteiger partial charge >= 0.3 is 18.9 Å². The number of carbonyl (C=O) groups excluding carboxylic acids is 1. The summed E-state index contributed by atoms with van der Waals surface area (Å²) in [5.74, 6) is -0.902. The van der Waals surface area contributed by atoms with E-state index in [1.165, 1.54) is 89.9 Å². The summed E-state index contributed by atoms with van der Waals surface area (Å²) in [6, 6.07) is 0. The molecule has 0 N–H and O–H groups in total. The van der Waals surface area contributed by atoms with Crippen LogP contribution in [0, 0.1) is 0 Å². The van der Waals surface area contributed by atoms with E-state index in [1.54, 1.807) is 0 Å². The molecule has 0 atom stereocenters. The molecule has 0 spiro atoms. The Bertz CT molecular complexity index is 219. The number of hydrogen-bond acceptors (Lipinski definition) is 2. The van der Waals surface area contributed by atoms with Crippen LogP contribution in [0.15, 0.2) is 0 Å². The van der Waals surface area contributed by atoms with Crippen LogP contribution in [-0.4, -0.2) is 5.97 Å². The van der Waals surface area contributed by atoms with Crippen molar-refractivity contribution in [2.75, 3.05) is 0 Å². The van der Waals surface area contributed by atoms with Crippen LogP contribution in [0.4, 0.5) is 0 Å². The van der Waals surface area contributed by atoms with E-state index < -0.39 is 5.97 Å². The number of rotatable bonds is 17. The van der Waals surface area contributed by atoms with E-state index in [0.29, 0.717) is 0 Å². The molecule has 0 aromatic heterocycles. The number of unbranched alkanes of at least 4 members (excludes halogenated alkanes) is 15. The van der Waals surface area contributed by atoms with Crippen molar-refractivity contribution in [2.45, 2.75) is 116 Å². The maximum absolute atomic E-state index is 10.2. The predicted molar refractivity (Wildman–Crippen MR) is 89.2 cm³/mol. The van der Waals surface area contributed by atoms with E-state index >= 15 is 0 Å². The summed E-state index contributed by atoms with van der Waals surface area (Å²) in [6.07, 6.45) is 21.3. The molecule has 0 aromatic rings. The second-order valence-electron chi connectivity index (χ2n) is 6.43. The van der Waals surface area contributed by atoms with Gasteiger partial charge < -0.3 is 9.90 Å². The summed E-state index contributed by atoms with van der Waals surface area (Å²) in [5, 5.41) is 10.2. The van der Waals surface area contributed by atoms with Gasteiger partial charge in [-0.2, -0.15) is 0 Å². The predicted octanol–water partition coefficient (Wildman–Crippen LogP) is 2.39. The third-order valence-corrected chi connectivity index (χ3v) is 4.23. The van der Waals surface area contributed by atoms with Gasteiger partial charge in [-0.05, 0) is 12.8 Å². The Hall–Kier alpha value is 0.0674. The summed E-state index contributed by atoms with van der Waals surface area (Å²) in [7, 11) is 0. The molecule has 0 aromatic carbocycles. The topological polar surface area (TPSA) is 40.1 Å². The Morgan fingerprint density at radius 3 is 1.14 bits per heavy atom. The first-order valence-electron chi connectivity index (χ1n) is 9.47. The third kappa shape index (κ3) is 22.4. The van der Waals surface area contributed by atoms with Crippen molar-refractivity contribution in [3.05, 3.63) is 0 Å². The van der Waals surface area contributed by atoms with Gasteiger partial charge in [0.2, 0.25) is 0 Å². The number of aliphatic carboxylic acids is 1. The first kappa shape index (κ1) is 24.3. The van der Waals surface area contributed by atoms with Crippen LogP contribution in [0.1, 0.15) is 116 Å². The molecule has 0 aliphatic rings. The zero-order valence-electron chi connectivity index (χ0n) is 15.3. The molecule has 3 heteroatoms. The SMILES string of the molecule is CCCCCCCCCCCCCCCCCCC(=O)[O-].[Li+]. The number of carboxylic acids is 1. The molecule has 0 amide bonds. The molecule has 0 rings (SSSR count). The smallest absolute Gasteiger partial charge is 0.550 e. The maximum atomic E-state index is 10.2. The molecule has 126 valence electrons. The second-order valence-corrected chi connectivity index (χ2v) is 6.43. The Kier molecular flexibility index (Phi) is 23.3. The van der Waals surface area contributed by atoms with Crippen molar-refractivity contribution in [3.63, 3.8) is 0 Å². The van der Waals surface area contributed by atoms with Gasteiger partial charge in [-0.1, -0.05) is 103 Å². The minimum Gasteiger partial charge on any atom is -0.550 e. The van der Waals surface area contributed by atoms with Gasteiger partial charge in [0, 0.05) is 5.97 Å². The minimum atomic E-state index is -0.902. The van der Waals surface area contributed by atoms with Crippen LogP contribution in [0.3, 0.4) is 0 Å². The van der Waals surface area contributed by atoms with E-state index in [0.717, 1.165) is 12.8 Å². The standard InChI is InChI=1S/C19H38O2.Li/c1-2-3-4-5-6-7-8-9-10-11-12-13-14-15-16-17-18-19(20)21;/h2-18H2,1H3,(H,20,21);/q;+1/p-1. The Labute approximate surface area is 151 Å². The van der Waals surface area contributed by atoms with Gasteiger partial charge in [-0.25, -0.2) is 0 Å². The molecule has 2 nitrogen and oxygen atoms in total. The van der Waals surface area contributed by atoms with Crippen LogP contribution in [0.5, 0.6) is 0 Å².